The van der Waals surface area contributed by atoms with E-state index in [-0.39, 0.29) is 18.6 Å². The van der Waals surface area contributed by atoms with Gasteiger partial charge in [0, 0.05) is 12.0 Å². The molecule has 0 heterocycles. The van der Waals surface area contributed by atoms with E-state index in [0.717, 1.165) is 0 Å². The van der Waals surface area contributed by atoms with E-state index < -0.39 is 11.8 Å². The Morgan fingerprint density at radius 3 is 2.67 bits per heavy atom. The van der Waals surface area contributed by atoms with Crippen LogP contribution in [0.2, 0.25) is 0 Å². The van der Waals surface area contributed by atoms with E-state index in [4.69, 9.17) is 15.2 Å². The topological polar surface area (TPSA) is 108 Å². The summed E-state index contributed by atoms with van der Waals surface area (Å²) in [4.78, 5) is 21.8. The van der Waals surface area contributed by atoms with Crippen LogP contribution >= 0.6 is 0 Å². The maximum absolute atomic E-state index is 11.1. The Hall–Kier alpha value is -2.12. The van der Waals surface area contributed by atoms with Crippen LogP contribution < -0.4 is 15.7 Å². The maximum Gasteiger partial charge on any atom is 0.274 e. The van der Waals surface area contributed by atoms with Crippen LogP contribution in [0, 0.1) is 0 Å². The second-order valence-corrected chi connectivity index (χ2v) is 3.46. The first kappa shape index (κ1) is 13.9. The van der Waals surface area contributed by atoms with Gasteiger partial charge in [-0.3, -0.25) is 20.0 Å². The number of hydrogen-bond acceptors (Lipinski definition) is 5. The number of rotatable bonds is 6. The highest BCUT2D eigenvalue weighted by atomic mass is 16.5. The number of carbonyl (C=O) groups excluding carboxylic acids is 2. The van der Waals surface area contributed by atoms with E-state index in [1.165, 1.54) is 23.1 Å². The zero-order valence-electron chi connectivity index (χ0n) is 9.55. The molecule has 0 aliphatic rings. The summed E-state index contributed by atoms with van der Waals surface area (Å²) in [5.74, 6) is -0.646. The minimum absolute atomic E-state index is 0.146. The molecule has 0 saturated heterocycles. The number of carbonyl (C=O) groups is 2. The molecule has 0 radical (unpaired) electrons. The first-order valence-electron chi connectivity index (χ1n) is 5.27. The average molecular weight is 254 g/mol. The molecule has 1 aromatic rings. The van der Waals surface area contributed by atoms with Gasteiger partial charge >= 0.3 is 0 Å². The lowest BCUT2D eigenvalue weighted by atomic mass is 10.2. The van der Waals surface area contributed by atoms with Crippen molar-refractivity contribution in [3.8, 4) is 5.75 Å². The second kappa shape index (κ2) is 7.25. The number of hydrogen-bond donors (Lipinski definition) is 4. The molecule has 0 unspecified atom stereocenters. The van der Waals surface area contributed by atoms with Gasteiger partial charge in [-0.05, 0) is 24.6 Å². The molecule has 0 fully saturated rings. The standard InChI is InChI=1S/C11H14N2O5/c14-10(12-16)5-2-6-18-9-4-1-3-8(7-9)11(15)13-17/h1,3-4,7,16-17H,2,5-6H2,(H,12,14)(H,13,15). The van der Waals surface area contributed by atoms with E-state index in [0.29, 0.717) is 12.2 Å². The Labute approximate surface area is 103 Å². The fourth-order valence-electron chi connectivity index (χ4n) is 1.27. The largest absolute Gasteiger partial charge is 0.494 e. The van der Waals surface area contributed by atoms with Gasteiger partial charge in [0.15, 0.2) is 0 Å². The van der Waals surface area contributed by atoms with Gasteiger partial charge < -0.3 is 4.74 Å². The van der Waals surface area contributed by atoms with E-state index in [9.17, 15) is 9.59 Å². The fraction of sp³-hybridized carbons (Fsp3) is 0.273. The highest BCUT2D eigenvalue weighted by molar-refractivity contribution is 5.93. The van der Waals surface area contributed by atoms with Crippen LogP contribution in [0.4, 0.5) is 0 Å². The van der Waals surface area contributed by atoms with Crippen LogP contribution in [0.15, 0.2) is 24.3 Å². The monoisotopic (exact) mass is 254 g/mol. The molecule has 0 saturated carbocycles. The molecule has 18 heavy (non-hydrogen) atoms. The number of hydroxylamine groups is 2. The van der Waals surface area contributed by atoms with Gasteiger partial charge in [0.25, 0.3) is 5.91 Å². The van der Waals surface area contributed by atoms with E-state index in [2.05, 4.69) is 0 Å². The molecule has 0 aromatic heterocycles. The van der Waals surface area contributed by atoms with Crippen molar-refractivity contribution in [1.82, 2.24) is 11.0 Å². The predicted molar refractivity (Wildman–Crippen MR) is 60.4 cm³/mol. The number of ether oxygens (including phenoxy) is 1. The van der Waals surface area contributed by atoms with E-state index in [1.807, 2.05) is 0 Å². The third-order valence-corrected chi connectivity index (χ3v) is 2.14. The Kier molecular flexibility index (Phi) is 5.62. The Morgan fingerprint density at radius 1 is 1.22 bits per heavy atom. The minimum Gasteiger partial charge on any atom is -0.494 e. The van der Waals surface area contributed by atoms with Gasteiger partial charge in [0.05, 0.1) is 6.61 Å². The smallest absolute Gasteiger partial charge is 0.274 e. The predicted octanol–water partition coefficient (Wildman–Crippen LogP) is 0.470. The van der Waals surface area contributed by atoms with Gasteiger partial charge in [-0.2, -0.15) is 0 Å². The Morgan fingerprint density at radius 2 is 2.00 bits per heavy atom. The fourth-order valence-corrected chi connectivity index (χ4v) is 1.27. The van der Waals surface area contributed by atoms with Gasteiger partial charge in [0.1, 0.15) is 5.75 Å². The van der Waals surface area contributed by atoms with Crippen molar-refractivity contribution in [2.45, 2.75) is 12.8 Å². The summed E-state index contributed by atoms with van der Waals surface area (Å²) in [6.07, 6.45) is 0.579. The van der Waals surface area contributed by atoms with Gasteiger partial charge in [0.2, 0.25) is 5.91 Å². The third kappa shape index (κ3) is 4.40. The molecule has 2 amide bonds. The zero-order chi connectivity index (χ0) is 13.4. The molecule has 1 aromatic carbocycles. The van der Waals surface area contributed by atoms with Crippen molar-refractivity contribution in [2.75, 3.05) is 6.61 Å². The zero-order valence-corrected chi connectivity index (χ0v) is 9.55. The SMILES string of the molecule is O=C(CCCOc1cccc(C(=O)NO)c1)NO. The molecule has 4 N–H and O–H groups in total. The summed E-state index contributed by atoms with van der Waals surface area (Å²) in [6, 6.07) is 6.26. The van der Waals surface area contributed by atoms with Crippen LogP contribution in [0.5, 0.6) is 5.75 Å². The van der Waals surface area contributed by atoms with E-state index >= 15 is 0 Å². The van der Waals surface area contributed by atoms with Crippen molar-refractivity contribution in [3.05, 3.63) is 29.8 Å². The minimum atomic E-state index is -0.625. The normalized spacial score (nSPS) is 9.67. The number of amides is 2. The first-order chi connectivity index (χ1) is 8.67. The molecule has 7 heteroatoms. The summed E-state index contributed by atoms with van der Waals surface area (Å²) >= 11 is 0. The van der Waals surface area contributed by atoms with Crippen LogP contribution in [0.1, 0.15) is 23.2 Å². The molecule has 1 rings (SSSR count). The third-order valence-electron chi connectivity index (χ3n) is 2.14. The molecular weight excluding hydrogens is 240 g/mol. The molecule has 0 atom stereocenters. The molecule has 0 aliphatic carbocycles. The lowest BCUT2D eigenvalue weighted by Crippen LogP contribution is -2.19. The van der Waals surface area contributed by atoms with Crippen molar-refractivity contribution in [3.63, 3.8) is 0 Å². The Bertz CT molecular complexity index is 422. The van der Waals surface area contributed by atoms with Gasteiger partial charge in [-0.15, -0.1) is 0 Å². The van der Waals surface area contributed by atoms with Gasteiger partial charge in [-0.1, -0.05) is 6.07 Å². The lowest BCUT2D eigenvalue weighted by molar-refractivity contribution is -0.129. The molecule has 7 nitrogen and oxygen atoms in total. The highest BCUT2D eigenvalue weighted by Gasteiger charge is 2.05. The summed E-state index contributed by atoms with van der Waals surface area (Å²) in [5.41, 5.74) is 3.31. The quantitative estimate of drug-likeness (QED) is 0.335. The summed E-state index contributed by atoms with van der Waals surface area (Å²) < 4.78 is 5.31. The maximum atomic E-state index is 11.1. The van der Waals surface area contributed by atoms with Crippen LogP contribution in [-0.2, 0) is 4.79 Å². The van der Waals surface area contributed by atoms with E-state index in [1.54, 1.807) is 12.1 Å². The van der Waals surface area contributed by atoms with Crippen molar-refractivity contribution < 1.29 is 24.7 Å². The first-order valence-corrected chi connectivity index (χ1v) is 5.27. The highest BCUT2D eigenvalue weighted by Crippen LogP contribution is 2.13. The second-order valence-electron chi connectivity index (χ2n) is 3.46. The van der Waals surface area contributed by atoms with Crippen molar-refractivity contribution in [2.24, 2.45) is 0 Å². The molecule has 98 valence electrons. The van der Waals surface area contributed by atoms with Crippen molar-refractivity contribution in [1.29, 1.82) is 0 Å². The summed E-state index contributed by atoms with van der Waals surface area (Å²) in [7, 11) is 0. The number of benzene rings is 1. The van der Waals surface area contributed by atoms with Crippen molar-refractivity contribution >= 4 is 11.8 Å². The molecule has 0 bridgehead atoms. The summed E-state index contributed by atoms with van der Waals surface area (Å²) in [6.45, 7) is 0.275. The Balaban J connectivity index is 2.43. The van der Waals surface area contributed by atoms with Gasteiger partial charge in [-0.25, -0.2) is 11.0 Å². The summed E-state index contributed by atoms with van der Waals surface area (Å²) in [5, 5.41) is 16.7. The molecular formula is C11H14N2O5. The van der Waals surface area contributed by atoms with Crippen LogP contribution in [0.25, 0.3) is 0 Å². The average Bonchev–Trinajstić information content (AvgIpc) is 2.42. The van der Waals surface area contributed by atoms with Crippen LogP contribution in [-0.4, -0.2) is 28.8 Å². The molecule has 0 aliphatic heterocycles. The lowest BCUT2D eigenvalue weighted by Gasteiger charge is -2.07. The number of nitrogens with one attached hydrogen (secondary N) is 2. The van der Waals surface area contributed by atoms with Crippen LogP contribution in [0.3, 0.4) is 0 Å². The molecule has 0 spiro atoms.